The van der Waals surface area contributed by atoms with E-state index in [1.165, 1.54) is 5.56 Å². The molecule has 0 atom stereocenters. The summed E-state index contributed by atoms with van der Waals surface area (Å²) in [5.74, 6) is 2.21. The first-order chi connectivity index (χ1) is 11.5. The Bertz CT molecular complexity index is 1060. The van der Waals surface area contributed by atoms with Crippen molar-refractivity contribution in [2.45, 2.75) is 13.8 Å². The molecule has 4 aromatic rings. The zero-order valence-corrected chi connectivity index (χ0v) is 15.5. The van der Waals surface area contributed by atoms with Gasteiger partial charge in [-0.2, -0.15) is 0 Å². The molecule has 1 N–H and O–H groups in total. The molecule has 0 radical (unpaired) electrons. The highest BCUT2D eigenvalue weighted by molar-refractivity contribution is 9.10. The maximum absolute atomic E-state index is 6.01. The lowest BCUT2D eigenvalue weighted by Crippen LogP contribution is -1.79. The molecule has 0 bridgehead atoms. The number of aromatic amines is 1. The van der Waals surface area contributed by atoms with Gasteiger partial charge in [0.15, 0.2) is 11.6 Å². The van der Waals surface area contributed by atoms with Gasteiger partial charge in [-0.05, 0) is 77.3 Å². The fraction of sp³-hybridized carbons (Fsp3) is 0.105. The number of halogens is 2. The van der Waals surface area contributed by atoms with Crippen molar-refractivity contribution < 1.29 is 4.42 Å². The average Bonchev–Trinajstić information content (AvgIpc) is 3.13. The predicted octanol–water partition coefficient (Wildman–Crippen LogP) is 6.52. The lowest BCUT2D eigenvalue weighted by molar-refractivity contribution is 0.593. The highest BCUT2D eigenvalue weighted by atomic mass is 79.9. The molecule has 0 unspecified atom stereocenters. The van der Waals surface area contributed by atoms with E-state index in [-0.39, 0.29) is 0 Å². The van der Waals surface area contributed by atoms with Gasteiger partial charge in [-0.15, -0.1) is 0 Å². The second-order valence-electron chi connectivity index (χ2n) is 5.85. The number of fused-ring (bicyclic) bond motifs is 1. The highest BCUT2D eigenvalue weighted by Crippen LogP contribution is 2.34. The number of hydrogen-bond acceptors (Lipinski definition) is 2. The number of nitrogens with zero attached hydrogens (tertiary/aromatic N) is 1. The van der Waals surface area contributed by atoms with Gasteiger partial charge in [-0.1, -0.05) is 17.7 Å². The van der Waals surface area contributed by atoms with Gasteiger partial charge in [0.1, 0.15) is 5.76 Å². The first-order valence-electron chi connectivity index (χ1n) is 7.54. The summed E-state index contributed by atoms with van der Waals surface area (Å²) in [4.78, 5) is 8.03. The maximum Gasteiger partial charge on any atom is 0.174 e. The normalized spacial score (nSPS) is 11.3. The van der Waals surface area contributed by atoms with E-state index in [1.54, 1.807) is 0 Å². The molecule has 0 aliphatic heterocycles. The van der Waals surface area contributed by atoms with Gasteiger partial charge in [-0.25, -0.2) is 4.98 Å². The number of furan rings is 1. The Balaban J connectivity index is 1.79. The highest BCUT2D eigenvalue weighted by Gasteiger charge is 2.14. The summed E-state index contributed by atoms with van der Waals surface area (Å²) in [6.07, 6.45) is 0. The molecule has 0 saturated heterocycles. The largest absolute Gasteiger partial charge is 0.453 e. The molecule has 2 aromatic carbocycles. The molecule has 0 aliphatic rings. The van der Waals surface area contributed by atoms with Crippen molar-refractivity contribution in [1.82, 2.24) is 9.97 Å². The number of aromatic nitrogens is 2. The molecular formula is C19H14BrClN2O. The fourth-order valence-corrected chi connectivity index (χ4v) is 3.76. The zero-order chi connectivity index (χ0) is 16.8. The molecular weight excluding hydrogens is 388 g/mol. The Morgan fingerprint density at radius 2 is 1.83 bits per heavy atom. The van der Waals surface area contributed by atoms with Gasteiger partial charge < -0.3 is 9.40 Å². The second-order valence-corrected chi connectivity index (χ2v) is 7.14. The van der Waals surface area contributed by atoms with Crippen LogP contribution in [0.3, 0.4) is 0 Å². The third-order valence-electron chi connectivity index (χ3n) is 3.96. The third kappa shape index (κ3) is 2.66. The van der Waals surface area contributed by atoms with Crippen LogP contribution in [0, 0.1) is 13.8 Å². The molecule has 0 spiro atoms. The number of H-pyrrole nitrogens is 1. The Labute approximate surface area is 152 Å². The molecule has 5 heteroatoms. The van der Waals surface area contributed by atoms with Crippen LogP contribution in [-0.4, -0.2) is 9.97 Å². The SMILES string of the molecule is Cc1cc(C)c2nc(-c3ccc(-c4ccc(Cl)cc4Br)o3)[nH]c2c1. The van der Waals surface area contributed by atoms with Crippen molar-refractivity contribution in [3.63, 3.8) is 0 Å². The van der Waals surface area contributed by atoms with Gasteiger partial charge in [0.2, 0.25) is 0 Å². The van der Waals surface area contributed by atoms with Gasteiger partial charge >= 0.3 is 0 Å². The van der Waals surface area contributed by atoms with Gasteiger partial charge in [0, 0.05) is 15.1 Å². The summed E-state index contributed by atoms with van der Waals surface area (Å²) in [7, 11) is 0. The minimum atomic E-state index is 0.681. The van der Waals surface area contributed by atoms with E-state index >= 15 is 0 Å². The average molecular weight is 402 g/mol. The van der Waals surface area contributed by atoms with Crippen LogP contribution in [0.1, 0.15) is 11.1 Å². The van der Waals surface area contributed by atoms with E-state index in [1.807, 2.05) is 30.3 Å². The molecule has 0 aliphatic carbocycles. The van der Waals surface area contributed by atoms with Crippen LogP contribution in [0.25, 0.3) is 33.9 Å². The quantitative estimate of drug-likeness (QED) is 0.415. The van der Waals surface area contributed by atoms with E-state index in [2.05, 4.69) is 51.9 Å². The van der Waals surface area contributed by atoms with Crippen LogP contribution in [0.4, 0.5) is 0 Å². The molecule has 0 fully saturated rings. The van der Waals surface area contributed by atoms with Gasteiger partial charge in [0.25, 0.3) is 0 Å². The van der Waals surface area contributed by atoms with Crippen molar-refractivity contribution in [2.24, 2.45) is 0 Å². The summed E-state index contributed by atoms with van der Waals surface area (Å²) >= 11 is 9.53. The lowest BCUT2D eigenvalue weighted by Gasteiger charge is -2.01. The Morgan fingerprint density at radius 1 is 1.04 bits per heavy atom. The second kappa shape index (κ2) is 5.80. The van der Waals surface area contributed by atoms with Crippen LogP contribution in [0.5, 0.6) is 0 Å². The fourth-order valence-electron chi connectivity index (χ4n) is 2.89. The minimum Gasteiger partial charge on any atom is -0.453 e. The Kier molecular flexibility index (Phi) is 3.74. The van der Waals surface area contributed by atoms with Crippen LogP contribution in [0.15, 0.2) is 51.4 Å². The number of benzene rings is 2. The molecule has 2 aromatic heterocycles. The first-order valence-corrected chi connectivity index (χ1v) is 8.71. The number of nitrogens with one attached hydrogen (secondary N) is 1. The molecule has 3 nitrogen and oxygen atoms in total. The smallest absolute Gasteiger partial charge is 0.174 e. The molecule has 120 valence electrons. The summed E-state index contributed by atoms with van der Waals surface area (Å²) < 4.78 is 6.90. The monoisotopic (exact) mass is 400 g/mol. The van der Waals surface area contributed by atoms with E-state index in [4.69, 9.17) is 16.0 Å². The molecule has 0 saturated carbocycles. The lowest BCUT2D eigenvalue weighted by atomic mass is 10.1. The van der Waals surface area contributed by atoms with Crippen LogP contribution >= 0.6 is 27.5 Å². The Hall–Kier alpha value is -2.04. The minimum absolute atomic E-state index is 0.681. The maximum atomic E-state index is 6.01. The number of rotatable bonds is 2. The molecule has 4 rings (SSSR count). The van der Waals surface area contributed by atoms with Crippen LogP contribution < -0.4 is 0 Å². The van der Waals surface area contributed by atoms with Crippen molar-refractivity contribution in [3.8, 4) is 22.9 Å². The molecule has 0 amide bonds. The predicted molar refractivity (Wildman–Crippen MR) is 101 cm³/mol. The van der Waals surface area contributed by atoms with E-state index < -0.39 is 0 Å². The first kappa shape index (κ1) is 15.5. The summed E-state index contributed by atoms with van der Waals surface area (Å²) in [6, 6.07) is 13.7. The summed E-state index contributed by atoms with van der Waals surface area (Å²) in [6.45, 7) is 4.15. The standard InChI is InChI=1S/C19H14BrClN2O/c1-10-7-11(2)18-15(8-10)22-19(23-18)17-6-5-16(24-17)13-4-3-12(21)9-14(13)20/h3-9H,1-2H3,(H,22,23). The van der Waals surface area contributed by atoms with Crippen molar-refractivity contribution >= 4 is 38.6 Å². The number of aryl methyl sites for hydroxylation is 2. The third-order valence-corrected chi connectivity index (χ3v) is 4.85. The van der Waals surface area contributed by atoms with E-state index in [0.717, 1.165) is 38.2 Å². The Morgan fingerprint density at radius 3 is 2.62 bits per heavy atom. The van der Waals surface area contributed by atoms with E-state index in [0.29, 0.717) is 10.8 Å². The van der Waals surface area contributed by atoms with Crippen molar-refractivity contribution in [3.05, 3.63) is 63.1 Å². The van der Waals surface area contributed by atoms with Gasteiger partial charge in [-0.3, -0.25) is 0 Å². The topological polar surface area (TPSA) is 41.8 Å². The van der Waals surface area contributed by atoms with Crippen molar-refractivity contribution in [1.29, 1.82) is 0 Å². The zero-order valence-electron chi connectivity index (χ0n) is 13.2. The number of imidazole rings is 1. The molecule has 2 heterocycles. The van der Waals surface area contributed by atoms with Crippen LogP contribution in [0.2, 0.25) is 5.02 Å². The summed E-state index contributed by atoms with van der Waals surface area (Å²) in [5, 5.41) is 0.681. The van der Waals surface area contributed by atoms with Crippen molar-refractivity contribution in [2.75, 3.05) is 0 Å². The molecule has 24 heavy (non-hydrogen) atoms. The number of hydrogen-bond donors (Lipinski definition) is 1. The van der Waals surface area contributed by atoms with E-state index in [9.17, 15) is 0 Å². The van der Waals surface area contributed by atoms with Gasteiger partial charge in [0.05, 0.1) is 11.0 Å². The summed E-state index contributed by atoms with van der Waals surface area (Å²) in [5.41, 5.74) is 5.31. The van der Waals surface area contributed by atoms with Crippen LogP contribution in [-0.2, 0) is 0 Å².